The van der Waals surface area contributed by atoms with E-state index in [0.29, 0.717) is 5.82 Å². The number of hydrogen-bond acceptors (Lipinski definition) is 3. The van der Waals surface area contributed by atoms with Gasteiger partial charge in [0.1, 0.15) is 0 Å². The van der Waals surface area contributed by atoms with Gasteiger partial charge in [-0.05, 0) is 62.3 Å². The molecule has 30 heavy (non-hydrogen) atoms. The molecule has 3 nitrogen and oxygen atoms in total. The monoisotopic (exact) mass is 427 g/mol. The zero-order valence-corrected chi connectivity index (χ0v) is 17.3. The lowest BCUT2D eigenvalue weighted by Crippen LogP contribution is -1.94. The Kier molecular flexibility index (Phi) is 4.91. The van der Waals surface area contributed by atoms with Crippen LogP contribution in [0.2, 0.25) is 10.6 Å². The molecular weight excluding hydrogens is 413 g/mol. The van der Waals surface area contributed by atoms with Crippen molar-refractivity contribution in [1.29, 1.82) is 0 Å². The SMILES string of the molecule is Clc1nc(Cl)nc(-c2cccc(-c3cccc4c(-c5ccccc5)cccc34)c2)n1. The van der Waals surface area contributed by atoms with Crippen LogP contribution in [-0.2, 0) is 0 Å². The second kappa shape index (κ2) is 7.86. The van der Waals surface area contributed by atoms with Crippen LogP contribution in [0.5, 0.6) is 0 Å². The Balaban J connectivity index is 1.67. The summed E-state index contributed by atoms with van der Waals surface area (Å²) in [6.45, 7) is 0. The first-order chi connectivity index (χ1) is 14.7. The first-order valence-corrected chi connectivity index (χ1v) is 10.2. The molecule has 5 rings (SSSR count). The minimum atomic E-state index is 0.0769. The molecule has 1 heterocycles. The Morgan fingerprint density at radius 1 is 0.467 bits per heavy atom. The molecule has 0 saturated heterocycles. The van der Waals surface area contributed by atoms with E-state index in [1.54, 1.807) is 0 Å². The molecule has 0 spiro atoms. The molecule has 5 heteroatoms. The Morgan fingerprint density at radius 3 is 1.67 bits per heavy atom. The number of halogens is 2. The van der Waals surface area contributed by atoms with Crippen molar-refractivity contribution in [1.82, 2.24) is 15.0 Å². The number of nitrogens with zero attached hydrogens (tertiary/aromatic N) is 3. The zero-order chi connectivity index (χ0) is 20.5. The highest BCUT2D eigenvalue weighted by Gasteiger charge is 2.11. The lowest BCUT2D eigenvalue weighted by molar-refractivity contribution is 1.06. The molecule has 0 radical (unpaired) electrons. The number of aromatic nitrogens is 3. The maximum atomic E-state index is 5.96. The lowest BCUT2D eigenvalue weighted by Gasteiger charge is -2.12. The summed E-state index contributed by atoms with van der Waals surface area (Å²) in [5.41, 5.74) is 5.44. The molecule has 0 aliphatic rings. The fourth-order valence-electron chi connectivity index (χ4n) is 3.71. The van der Waals surface area contributed by atoms with Gasteiger partial charge < -0.3 is 0 Å². The van der Waals surface area contributed by atoms with E-state index in [1.165, 1.54) is 21.9 Å². The van der Waals surface area contributed by atoms with Crippen LogP contribution in [-0.4, -0.2) is 15.0 Å². The van der Waals surface area contributed by atoms with Crippen LogP contribution in [0.1, 0.15) is 0 Å². The van der Waals surface area contributed by atoms with Crippen LogP contribution >= 0.6 is 23.2 Å². The van der Waals surface area contributed by atoms with E-state index < -0.39 is 0 Å². The molecule has 0 aliphatic carbocycles. The summed E-state index contributed by atoms with van der Waals surface area (Å²) in [6, 6.07) is 31.3. The van der Waals surface area contributed by atoms with E-state index >= 15 is 0 Å². The molecule has 0 N–H and O–H groups in total. The first-order valence-electron chi connectivity index (χ1n) is 9.44. The van der Waals surface area contributed by atoms with Crippen molar-refractivity contribution in [3.05, 3.63) is 102 Å². The van der Waals surface area contributed by atoms with Gasteiger partial charge in [-0.15, -0.1) is 0 Å². The van der Waals surface area contributed by atoms with Crippen molar-refractivity contribution in [2.24, 2.45) is 0 Å². The highest BCUT2D eigenvalue weighted by molar-refractivity contribution is 6.31. The van der Waals surface area contributed by atoms with Crippen molar-refractivity contribution >= 4 is 34.0 Å². The third-order valence-corrected chi connectivity index (χ3v) is 5.36. The van der Waals surface area contributed by atoms with E-state index in [1.807, 2.05) is 24.3 Å². The normalized spacial score (nSPS) is 11.0. The molecule has 4 aromatic carbocycles. The van der Waals surface area contributed by atoms with Crippen LogP contribution in [0.4, 0.5) is 0 Å². The predicted octanol–water partition coefficient (Wildman–Crippen LogP) is 7.33. The molecule has 0 saturated carbocycles. The maximum Gasteiger partial charge on any atom is 0.227 e. The summed E-state index contributed by atoms with van der Waals surface area (Å²) in [4.78, 5) is 12.3. The van der Waals surface area contributed by atoms with E-state index in [-0.39, 0.29) is 10.6 Å². The van der Waals surface area contributed by atoms with Gasteiger partial charge in [0.2, 0.25) is 10.6 Å². The standard InChI is InChI=1S/C25H15Cl2N3/c26-24-28-23(29-25(27)30-24)18-10-4-9-17(15-18)20-12-6-13-21-19(11-5-14-22(20)21)16-7-2-1-3-8-16/h1-15H. The van der Waals surface area contributed by atoms with E-state index in [2.05, 4.69) is 81.7 Å². The highest BCUT2D eigenvalue weighted by Crippen LogP contribution is 2.35. The van der Waals surface area contributed by atoms with Gasteiger partial charge in [0, 0.05) is 5.56 Å². The van der Waals surface area contributed by atoms with Crippen LogP contribution in [0.3, 0.4) is 0 Å². The molecule has 144 valence electrons. The van der Waals surface area contributed by atoms with Crippen molar-refractivity contribution in [3.8, 4) is 33.6 Å². The average molecular weight is 428 g/mol. The van der Waals surface area contributed by atoms with Crippen molar-refractivity contribution in [3.63, 3.8) is 0 Å². The summed E-state index contributed by atoms with van der Waals surface area (Å²) in [5, 5.41) is 2.54. The zero-order valence-electron chi connectivity index (χ0n) is 15.8. The molecule has 1 aromatic heterocycles. The minimum Gasteiger partial charge on any atom is -0.198 e. The van der Waals surface area contributed by atoms with Gasteiger partial charge in [0.25, 0.3) is 0 Å². The van der Waals surface area contributed by atoms with E-state index in [4.69, 9.17) is 23.2 Å². The molecule has 0 bridgehead atoms. The molecule has 0 fully saturated rings. The van der Waals surface area contributed by atoms with E-state index in [0.717, 1.165) is 16.7 Å². The number of benzene rings is 4. The Morgan fingerprint density at radius 2 is 1.00 bits per heavy atom. The van der Waals surface area contributed by atoms with Gasteiger partial charge in [-0.3, -0.25) is 0 Å². The lowest BCUT2D eigenvalue weighted by atomic mass is 9.92. The number of hydrogen-bond donors (Lipinski definition) is 0. The second-order valence-corrected chi connectivity index (χ2v) is 7.53. The average Bonchev–Trinajstić information content (AvgIpc) is 2.78. The van der Waals surface area contributed by atoms with Gasteiger partial charge in [0.15, 0.2) is 5.82 Å². The topological polar surface area (TPSA) is 38.7 Å². The third kappa shape index (κ3) is 3.54. The Hall–Kier alpha value is -3.27. The van der Waals surface area contributed by atoms with Crippen LogP contribution in [0.15, 0.2) is 91.0 Å². The van der Waals surface area contributed by atoms with Gasteiger partial charge in [-0.2, -0.15) is 15.0 Å². The smallest absolute Gasteiger partial charge is 0.198 e. The van der Waals surface area contributed by atoms with Gasteiger partial charge in [-0.25, -0.2) is 0 Å². The summed E-state index contributed by atoms with van der Waals surface area (Å²) < 4.78 is 0. The predicted molar refractivity (Wildman–Crippen MR) is 124 cm³/mol. The number of rotatable bonds is 3. The van der Waals surface area contributed by atoms with Crippen LogP contribution in [0.25, 0.3) is 44.4 Å². The molecular formula is C25H15Cl2N3. The van der Waals surface area contributed by atoms with Crippen LogP contribution in [0, 0.1) is 0 Å². The Bertz CT molecular complexity index is 1350. The second-order valence-electron chi connectivity index (χ2n) is 6.85. The maximum absolute atomic E-state index is 5.96. The Labute approximate surface area is 184 Å². The first kappa shape index (κ1) is 18.7. The van der Waals surface area contributed by atoms with Crippen molar-refractivity contribution in [2.45, 2.75) is 0 Å². The molecule has 0 unspecified atom stereocenters. The largest absolute Gasteiger partial charge is 0.227 e. The fraction of sp³-hybridized carbons (Fsp3) is 0. The molecule has 0 amide bonds. The van der Waals surface area contributed by atoms with Gasteiger partial charge >= 0.3 is 0 Å². The van der Waals surface area contributed by atoms with Crippen molar-refractivity contribution in [2.75, 3.05) is 0 Å². The minimum absolute atomic E-state index is 0.0769. The molecule has 0 aliphatic heterocycles. The number of fused-ring (bicyclic) bond motifs is 1. The van der Waals surface area contributed by atoms with Crippen LogP contribution < -0.4 is 0 Å². The highest BCUT2D eigenvalue weighted by atomic mass is 35.5. The third-order valence-electron chi connectivity index (χ3n) is 5.02. The summed E-state index contributed by atoms with van der Waals surface area (Å²) >= 11 is 11.9. The molecule has 0 atom stereocenters. The molecule has 5 aromatic rings. The fourth-order valence-corrected chi connectivity index (χ4v) is 4.08. The van der Waals surface area contributed by atoms with Gasteiger partial charge in [0.05, 0.1) is 0 Å². The summed E-state index contributed by atoms with van der Waals surface area (Å²) in [6.07, 6.45) is 0. The summed E-state index contributed by atoms with van der Waals surface area (Å²) in [7, 11) is 0. The quantitative estimate of drug-likeness (QED) is 0.302. The summed E-state index contributed by atoms with van der Waals surface area (Å²) in [5.74, 6) is 0.451. The van der Waals surface area contributed by atoms with E-state index in [9.17, 15) is 0 Å². The van der Waals surface area contributed by atoms with Crippen molar-refractivity contribution < 1.29 is 0 Å². The van der Waals surface area contributed by atoms with Gasteiger partial charge in [-0.1, -0.05) is 84.9 Å².